The molecule has 3 aromatic carbocycles. The second kappa shape index (κ2) is 10.1. The summed E-state index contributed by atoms with van der Waals surface area (Å²) in [4.78, 5) is 12.3. The number of aryl methyl sites for hydroxylation is 2. The zero-order valence-electron chi connectivity index (χ0n) is 19.2. The van der Waals surface area contributed by atoms with E-state index in [4.69, 9.17) is 19.9 Å². The summed E-state index contributed by atoms with van der Waals surface area (Å²) < 4.78 is 16.7. The molecule has 6 heteroatoms. The summed E-state index contributed by atoms with van der Waals surface area (Å²) in [6.07, 6.45) is 1.86. The molecule has 0 saturated heterocycles. The Labute approximate surface area is 199 Å². The van der Waals surface area contributed by atoms with Crippen LogP contribution in [0.4, 0.5) is 0 Å². The Hall–Kier alpha value is -4.24. The summed E-state index contributed by atoms with van der Waals surface area (Å²) in [6, 6.07) is 22.9. The predicted molar refractivity (Wildman–Crippen MR) is 129 cm³/mol. The van der Waals surface area contributed by atoms with Crippen molar-refractivity contribution in [3.8, 4) is 23.3 Å². The van der Waals surface area contributed by atoms with Crippen molar-refractivity contribution >= 4 is 5.97 Å². The number of allylic oxidation sites excluding steroid dienone is 1. The molecule has 172 valence electrons. The largest absolute Gasteiger partial charge is 0.482 e. The van der Waals surface area contributed by atoms with E-state index >= 15 is 0 Å². The number of nitrogens with two attached hydrogens (primary N) is 1. The van der Waals surface area contributed by atoms with Gasteiger partial charge in [-0.05, 0) is 47.7 Å². The zero-order chi connectivity index (χ0) is 24.1. The number of hydrogen-bond donors (Lipinski definition) is 1. The van der Waals surface area contributed by atoms with Gasteiger partial charge in [0.2, 0.25) is 5.88 Å². The maximum Gasteiger partial charge on any atom is 0.349 e. The van der Waals surface area contributed by atoms with Gasteiger partial charge in [0.25, 0.3) is 0 Å². The SMILES string of the molecule is CCc1ccc(OCC(=O)Oc2ccc3c(c2)OC(N)=C(C#N)C3c2ccc(CC)cc2)cc1. The number of carbonyl (C=O) groups is 1. The highest BCUT2D eigenvalue weighted by molar-refractivity contribution is 5.74. The first-order valence-electron chi connectivity index (χ1n) is 11.2. The number of carbonyl (C=O) groups excluding carboxylic acids is 1. The molecule has 1 aliphatic rings. The highest BCUT2D eigenvalue weighted by atomic mass is 16.6. The molecule has 0 aliphatic carbocycles. The van der Waals surface area contributed by atoms with Crippen molar-refractivity contribution < 1.29 is 19.0 Å². The molecule has 0 bridgehead atoms. The molecule has 1 aliphatic heterocycles. The number of ether oxygens (including phenoxy) is 3. The molecule has 0 radical (unpaired) electrons. The average molecular weight is 455 g/mol. The van der Waals surface area contributed by atoms with Gasteiger partial charge in [-0.1, -0.05) is 56.3 Å². The normalized spacial score (nSPS) is 14.6. The van der Waals surface area contributed by atoms with Crippen LogP contribution in [0.2, 0.25) is 0 Å². The lowest BCUT2D eigenvalue weighted by molar-refractivity contribution is -0.136. The maximum atomic E-state index is 12.3. The Bertz CT molecular complexity index is 1260. The van der Waals surface area contributed by atoms with Gasteiger partial charge < -0.3 is 19.9 Å². The van der Waals surface area contributed by atoms with Crippen LogP contribution in [0, 0.1) is 11.3 Å². The Balaban J connectivity index is 1.51. The highest BCUT2D eigenvalue weighted by Crippen LogP contribution is 2.43. The van der Waals surface area contributed by atoms with Crippen molar-refractivity contribution in [2.75, 3.05) is 6.61 Å². The lowest BCUT2D eigenvalue weighted by Crippen LogP contribution is -2.21. The number of nitrogens with zero attached hydrogens (tertiary/aromatic N) is 1. The Morgan fingerprint density at radius 2 is 1.59 bits per heavy atom. The topological polar surface area (TPSA) is 94.6 Å². The fraction of sp³-hybridized carbons (Fsp3) is 0.214. The minimum atomic E-state index is -0.539. The molecular formula is C28H26N2O4. The van der Waals surface area contributed by atoms with Gasteiger partial charge in [0.1, 0.15) is 28.9 Å². The fourth-order valence-electron chi connectivity index (χ4n) is 3.91. The Kier molecular flexibility index (Phi) is 6.84. The predicted octanol–water partition coefficient (Wildman–Crippen LogP) is 5.01. The Morgan fingerprint density at radius 1 is 0.971 bits per heavy atom. The van der Waals surface area contributed by atoms with Gasteiger partial charge in [0, 0.05) is 11.6 Å². The minimum Gasteiger partial charge on any atom is -0.482 e. The third-order valence-corrected chi connectivity index (χ3v) is 5.83. The van der Waals surface area contributed by atoms with E-state index in [0.717, 1.165) is 24.0 Å². The number of esters is 1. The van der Waals surface area contributed by atoms with Crippen LogP contribution in [0.3, 0.4) is 0 Å². The van der Waals surface area contributed by atoms with Crippen LogP contribution in [-0.2, 0) is 17.6 Å². The summed E-state index contributed by atoms with van der Waals surface area (Å²) in [5, 5.41) is 9.72. The maximum absolute atomic E-state index is 12.3. The number of benzene rings is 3. The van der Waals surface area contributed by atoms with E-state index in [2.05, 4.69) is 19.9 Å². The van der Waals surface area contributed by atoms with Crippen molar-refractivity contribution in [1.29, 1.82) is 5.26 Å². The first kappa shape index (κ1) is 22.9. The first-order valence-corrected chi connectivity index (χ1v) is 11.2. The van der Waals surface area contributed by atoms with Crippen LogP contribution in [-0.4, -0.2) is 12.6 Å². The van der Waals surface area contributed by atoms with Crippen molar-refractivity contribution in [1.82, 2.24) is 0 Å². The second-order valence-electron chi connectivity index (χ2n) is 7.98. The quantitative estimate of drug-likeness (QED) is 0.398. The highest BCUT2D eigenvalue weighted by Gasteiger charge is 2.31. The fourth-order valence-corrected chi connectivity index (χ4v) is 3.91. The number of fused-ring (bicyclic) bond motifs is 1. The summed E-state index contributed by atoms with van der Waals surface area (Å²) in [5.41, 5.74) is 10.5. The summed E-state index contributed by atoms with van der Waals surface area (Å²) >= 11 is 0. The molecule has 0 spiro atoms. The number of rotatable bonds is 7. The average Bonchev–Trinajstić information content (AvgIpc) is 2.87. The molecule has 34 heavy (non-hydrogen) atoms. The van der Waals surface area contributed by atoms with E-state index in [-0.39, 0.29) is 18.4 Å². The first-order chi connectivity index (χ1) is 16.5. The van der Waals surface area contributed by atoms with E-state index in [1.807, 2.05) is 48.5 Å². The lowest BCUT2D eigenvalue weighted by Gasteiger charge is -2.26. The molecule has 4 rings (SSSR count). The van der Waals surface area contributed by atoms with Gasteiger partial charge in [-0.2, -0.15) is 5.26 Å². The van der Waals surface area contributed by atoms with Gasteiger partial charge >= 0.3 is 5.97 Å². The van der Waals surface area contributed by atoms with Crippen LogP contribution < -0.4 is 19.9 Å². The van der Waals surface area contributed by atoms with Crippen molar-refractivity contribution in [3.05, 3.63) is 100 Å². The molecule has 1 heterocycles. The third kappa shape index (κ3) is 4.89. The van der Waals surface area contributed by atoms with Crippen LogP contribution in [0.5, 0.6) is 17.2 Å². The van der Waals surface area contributed by atoms with E-state index < -0.39 is 5.97 Å². The van der Waals surface area contributed by atoms with Crippen LogP contribution in [0.1, 0.15) is 42.0 Å². The lowest BCUT2D eigenvalue weighted by atomic mass is 9.83. The van der Waals surface area contributed by atoms with Gasteiger partial charge in [0.05, 0.1) is 5.92 Å². The van der Waals surface area contributed by atoms with E-state index in [1.54, 1.807) is 18.2 Å². The minimum absolute atomic E-state index is 0.0434. The van der Waals surface area contributed by atoms with Crippen molar-refractivity contribution in [3.63, 3.8) is 0 Å². The van der Waals surface area contributed by atoms with Crippen molar-refractivity contribution in [2.24, 2.45) is 5.73 Å². The molecule has 0 amide bonds. The summed E-state index contributed by atoms with van der Waals surface area (Å²) in [6.45, 7) is 3.94. The van der Waals surface area contributed by atoms with Crippen LogP contribution in [0.25, 0.3) is 0 Å². The summed E-state index contributed by atoms with van der Waals surface area (Å²) in [5.74, 6) is 0.496. The molecular weight excluding hydrogens is 428 g/mol. The van der Waals surface area contributed by atoms with E-state index in [9.17, 15) is 10.1 Å². The Morgan fingerprint density at radius 3 is 2.21 bits per heavy atom. The van der Waals surface area contributed by atoms with Crippen molar-refractivity contribution in [2.45, 2.75) is 32.6 Å². The van der Waals surface area contributed by atoms with Gasteiger partial charge in [0.15, 0.2) is 6.61 Å². The standard InChI is InChI=1S/C28H26N2O4/c1-3-18-5-9-20(10-6-18)27-23-14-13-22(15-25(23)34-28(30)24(27)16-29)33-26(31)17-32-21-11-7-19(4-2)8-12-21/h5-15,27H,3-4,17,30H2,1-2H3. The zero-order valence-corrected chi connectivity index (χ0v) is 19.2. The molecule has 6 nitrogen and oxygen atoms in total. The molecule has 0 saturated carbocycles. The molecule has 0 aromatic heterocycles. The number of hydrogen-bond acceptors (Lipinski definition) is 6. The smallest absolute Gasteiger partial charge is 0.349 e. The van der Waals surface area contributed by atoms with Crippen LogP contribution >= 0.6 is 0 Å². The van der Waals surface area contributed by atoms with E-state index in [1.165, 1.54) is 11.1 Å². The molecule has 3 aromatic rings. The second-order valence-corrected chi connectivity index (χ2v) is 7.98. The summed E-state index contributed by atoms with van der Waals surface area (Å²) in [7, 11) is 0. The molecule has 1 unspecified atom stereocenters. The van der Waals surface area contributed by atoms with Gasteiger partial charge in [-0.3, -0.25) is 0 Å². The number of nitriles is 1. The van der Waals surface area contributed by atoms with Crippen LogP contribution in [0.15, 0.2) is 78.2 Å². The van der Waals surface area contributed by atoms with E-state index in [0.29, 0.717) is 22.8 Å². The molecule has 0 fully saturated rings. The molecule has 1 atom stereocenters. The third-order valence-electron chi connectivity index (χ3n) is 5.83. The van der Waals surface area contributed by atoms with Gasteiger partial charge in [-0.15, -0.1) is 0 Å². The van der Waals surface area contributed by atoms with Gasteiger partial charge in [-0.25, -0.2) is 4.79 Å². The monoisotopic (exact) mass is 454 g/mol. The molecule has 2 N–H and O–H groups in total.